The number of benzene rings is 2. The lowest BCUT2D eigenvalue weighted by Crippen LogP contribution is -2.47. The minimum atomic E-state index is -0.844. The first-order valence-corrected chi connectivity index (χ1v) is 11.1. The van der Waals surface area contributed by atoms with E-state index in [2.05, 4.69) is 10.6 Å². The van der Waals surface area contributed by atoms with E-state index in [9.17, 15) is 18.8 Å². The molecule has 33 heavy (non-hydrogen) atoms. The predicted octanol–water partition coefficient (Wildman–Crippen LogP) is 4.34. The number of likely N-dealkylation sites (N-methyl/N-ethyl adjacent to an activating group) is 1. The van der Waals surface area contributed by atoms with Crippen molar-refractivity contribution in [2.45, 2.75) is 25.9 Å². The summed E-state index contributed by atoms with van der Waals surface area (Å²) in [6.45, 7) is 3.85. The van der Waals surface area contributed by atoms with Gasteiger partial charge in [-0.2, -0.15) is 0 Å². The van der Waals surface area contributed by atoms with Gasteiger partial charge < -0.3 is 15.5 Å². The first kappa shape index (κ1) is 23.1. The van der Waals surface area contributed by atoms with E-state index in [0.717, 1.165) is 0 Å². The molecule has 2 heterocycles. The fourth-order valence-electron chi connectivity index (χ4n) is 4.05. The maximum Gasteiger partial charge on any atom is 0.322 e. The highest BCUT2D eigenvalue weighted by Crippen LogP contribution is 2.39. The number of hydrogen-bond acceptors (Lipinski definition) is 3. The molecule has 2 aromatic carbocycles. The Kier molecular flexibility index (Phi) is 6.32. The molecule has 0 fully saturated rings. The highest BCUT2D eigenvalue weighted by atomic mass is 35.5. The number of hydrogen-bond donors (Lipinski definition) is 2. The van der Waals surface area contributed by atoms with Gasteiger partial charge >= 0.3 is 6.03 Å². The number of amides is 4. The maximum absolute atomic E-state index is 13.5. The van der Waals surface area contributed by atoms with Crippen molar-refractivity contribution in [2.24, 2.45) is 0 Å². The van der Waals surface area contributed by atoms with E-state index in [1.165, 1.54) is 34.1 Å². The van der Waals surface area contributed by atoms with Gasteiger partial charge in [-0.1, -0.05) is 29.3 Å². The van der Waals surface area contributed by atoms with Gasteiger partial charge in [-0.3, -0.25) is 14.5 Å². The average molecular weight is 491 g/mol. The number of nitrogens with zero attached hydrogens (tertiary/aromatic N) is 2. The molecule has 0 saturated carbocycles. The summed E-state index contributed by atoms with van der Waals surface area (Å²) in [7, 11) is 0. The van der Waals surface area contributed by atoms with Crippen molar-refractivity contribution in [1.29, 1.82) is 0 Å². The summed E-state index contributed by atoms with van der Waals surface area (Å²) < 4.78 is 13.2. The van der Waals surface area contributed by atoms with E-state index < -0.39 is 23.8 Å². The average Bonchev–Trinajstić information content (AvgIpc) is 3.11. The molecule has 2 unspecified atom stereocenters. The van der Waals surface area contributed by atoms with Crippen molar-refractivity contribution in [3.63, 3.8) is 0 Å². The van der Waals surface area contributed by atoms with Gasteiger partial charge in [-0.25, -0.2) is 9.18 Å². The van der Waals surface area contributed by atoms with Gasteiger partial charge in [0, 0.05) is 22.3 Å². The Bertz CT molecular complexity index is 1170. The summed E-state index contributed by atoms with van der Waals surface area (Å²) in [4.78, 5) is 42.0. The topological polar surface area (TPSA) is 81.8 Å². The molecule has 0 bridgehead atoms. The van der Waals surface area contributed by atoms with Gasteiger partial charge in [0.1, 0.15) is 11.9 Å². The van der Waals surface area contributed by atoms with Crippen molar-refractivity contribution >= 4 is 46.7 Å². The molecule has 0 saturated heterocycles. The van der Waals surface area contributed by atoms with E-state index in [-0.39, 0.29) is 18.5 Å². The van der Waals surface area contributed by atoms with E-state index >= 15 is 0 Å². The first-order chi connectivity index (χ1) is 15.7. The molecule has 2 aromatic rings. The highest BCUT2D eigenvalue weighted by molar-refractivity contribution is 6.35. The smallest absolute Gasteiger partial charge is 0.322 e. The third-order valence-corrected chi connectivity index (χ3v) is 6.36. The van der Waals surface area contributed by atoms with Crippen LogP contribution in [-0.4, -0.2) is 46.8 Å². The molecular weight excluding hydrogens is 470 g/mol. The molecule has 172 valence electrons. The second-order valence-corrected chi connectivity index (χ2v) is 8.60. The van der Waals surface area contributed by atoms with E-state index in [1.54, 1.807) is 32.0 Å². The Morgan fingerprint density at radius 2 is 1.91 bits per heavy atom. The summed E-state index contributed by atoms with van der Waals surface area (Å²) in [6.07, 6.45) is 0. The molecule has 10 heteroatoms. The van der Waals surface area contributed by atoms with Crippen LogP contribution in [0, 0.1) is 5.82 Å². The fourth-order valence-corrected chi connectivity index (χ4v) is 4.57. The molecule has 0 aromatic heterocycles. The van der Waals surface area contributed by atoms with Gasteiger partial charge in [-0.05, 0) is 55.8 Å². The molecular formula is C23H21Cl2FN4O3. The van der Waals surface area contributed by atoms with Crippen LogP contribution in [0.1, 0.15) is 25.5 Å². The van der Waals surface area contributed by atoms with Crippen LogP contribution in [-0.2, 0) is 9.59 Å². The number of carbonyl (C=O) groups is 3. The summed E-state index contributed by atoms with van der Waals surface area (Å²) in [5.74, 6) is -1.23. The van der Waals surface area contributed by atoms with Crippen molar-refractivity contribution < 1.29 is 18.8 Å². The molecule has 7 nitrogen and oxygen atoms in total. The summed E-state index contributed by atoms with van der Waals surface area (Å²) in [5, 5.41) is 6.29. The third kappa shape index (κ3) is 4.28. The van der Waals surface area contributed by atoms with E-state index in [4.69, 9.17) is 23.2 Å². The van der Waals surface area contributed by atoms with Gasteiger partial charge in [0.25, 0.3) is 5.91 Å². The zero-order valence-corrected chi connectivity index (χ0v) is 19.4. The monoisotopic (exact) mass is 490 g/mol. The largest absolute Gasteiger partial charge is 0.326 e. The maximum atomic E-state index is 13.5. The normalized spacial score (nSPS) is 18.9. The summed E-state index contributed by atoms with van der Waals surface area (Å²) in [5.41, 5.74) is 1.84. The number of urea groups is 1. The zero-order valence-electron chi connectivity index (χ0n) is 17.9. The van der Waals surface area contributed by atoms with Crippen molar-refractivity contribution in [1.82, 2.24) is 15.1 Å². The van der Waals surface area contributed by atoms with Crippen molar-refractivity contribution in [3.05, 3.63) is 75.2 Å². The Morgan fingerprint density at radius 1 is 1.21 bits per heavy atom. The van der Waals surface area contributed by atoms with Crippen LogP contribution >= 0.6 is 23.2 Å². The zero-order chi connectivity index (χ0) is 23.9. The molecule has 0 radical (unpaired) electrons. The Labute approximate surface area is 200 Å². The van der Waals surface area contributed by atoms with Crippen LogP contribution in [0.5, 0.6) is 0 Å². The van der Waals surface area contributed by atoms with E-state index in [0.29, 0.717) is 39.1 Å². The molecule has 2 aliphatic heterocycles. The second kappa shape index (κ2) is 9.03. The lowest BCUT2D eigenvalue weighted by Gasteiger charge is -2.33. The number of nitrogens with one attached hydrogen (secondary N) is 2. The third-order valence-electron chi connectivity index (χ3n) is 5.80. The number of carbonyl (C=O) groups excluding carboxylic acids is 3. The number of anilines is 1. The van der Waals surface area contributed by atoms with Crippen LogP contribution in [0.3, 0.4) is 0 Å². The minimum Gasteiger partial charge on any atom is -0.326 e. The van der Waals surface area contributed by atoms with Gasteiger partial charge in [0.05, 0.1) is 23.9 Å². The molecule has 2 aliphatic rings. The highest BCUT2D eigenvalue weighted by Gasteiger charge is 2.46. The van der Waals surface area contributed by atoms with Crippen LogP contribution in [0.25, 0.3) is 0 Å². The Balaban J connectivity index is 1.63. The van der Waals surface area contributed by atoms with Crippen LogP contribution < -0.4 is 10.6 Å². The number of rotatable bonds is 5. The standard InChI is InChI=1S/C23H21Cl2FN4O3/c1-3-29-18-11-30(12(2)21(31)27-15-7-5-14(26)6-8-15)22(32)19(18)20(28-23(29)33)16-9-4-13(24)10-17(16)25/h4-10,12,20H,3,11H2,1-2H3,(H,27,31)(H,28,33). The van der Waals surface area contributed by atoms with Crippen molar-refractivity contribution in [3.8, 4) is 0 Å². The Morgan fingerprint density at radius 3 is 2.55 bits per heavy atom. The quantitative estimate of drug-likeness (QED) is 0.653. The lowest BCUT2D eigenvalue weighted by atomic mass is 9.95. The van der Waals surface area contributed by atoms with Crippen LogP contribution in [0.4, 0.5) is 14.9 Å². The predicted molar refractivity (Wildman–Crippen MR) is 123 cm³/mol. The molecule has 4 amide bonds. The summed E-state index contributed by atoms with van der Waals surface area (Å²) in [6, 6.07) is 8.23. The fraction of sp³-hybridized carbons (Fsp3) is 0.261. The van der Waals surface area contributed by atoms with Gasteiger partial charge in [0.2, 0.25) is 5.91 Å². The van der Waals surface area contributed by atoms with Gasteiger partial charge in [0.15, 0.2) is 0 Å². The molecule has 0 spiro atoms. The molecule has 0 aliphatic carbocycles. The lowest BCUT2D eigenvalue weighted by molar-refractivity contribution is -0.133. The Hall–Kier alpha value is -3.10. The van der Waals surface area contributed by atoms with Crippen LogP contribution in [0.2, 0.25) is 10.0 Å². The van der Waals surface area contributed by atoms with Gasteiger partial charge in [-0.15, -0.1) is 0 Å². The molecule has 2 atom stereocenters. The van der Waals surface area contributed by atoms with Crippen LogP contribution in [0.15, 0.2) is 53.7 Å². The number of halogens is 3. The van der Waals surface area contributed by atoms with E-state index in [1.807, 2.05) is 0 Å². The molecule has 4 rings (SSSR count). The van der Waals surface area contributed by atoms with Crippen molar-refractivity contribution in [2.75, 3.05) is 18.4 Å². The molecule has 2 N–H and O–H groups in total. The minimum absolute atomic E-state index is 0.0924. The summed E-state index contributed by atoms with van der Waals surface area (Å²) >= 11 is 12.4. The SMILES string of the molecule is CCN1C(=O)NC(c2ccc(Cl)cc2Cl)C2=C1CN(C(C)C(=O)Nc1ccc(F)cc1)C2=O. The second-order valence-electron chi connectivity index (χ2n) is 7.76. The first-order valence-electron chi connectivity index (χ1n) is 10.3.